The number of carbonyl (C=O) groups excluding carboxylic acids is 1. The minimum Gasteiger partial charge on any atom is -0.340 e. The molecule has 0 saturated carbocycles. The number of hydrogen-bond acceptors (Lipinski definition) is 2. The largest absolute Gasteiger partial charge is 0.340 e. The van der Waals surface area contributed by atoms with Crippen molar-refractivity contribution in [1.82, 2.24) is 4.90 Å². The van der Waals surface area contributed by atoms with E-state index < -0.39 is 0 Å². The summed E-state index contributed by atoms with van der Waals surface area (Å²) in [6.45, 7) is 2.90. The molecule has 1 rings (SSSR count). The third-order valence-corrected chi connectivity index (χ3v) is 2.48. The summed E-state index contributed by atoms with van der Waals surface area (Å²) in [5.41, 5.74) is 6.96. The molecule has 1 aromatic carbocycles. The number of carbonyl (C=O) groups is 1. The molecule has 4 heteroatoms. The lowest BCUT2D eigenvalue weighted by molar-refractivity contribution is 0.0798. The van der Waals surface area contributed by atoms with Crippen LogP contribution in [0, 0.1) is 6.92 Å². The van der Waals surface area contributed by atoms with Gasteiger partial charge in [0.05, 0.1) is 0 Å². The molecule has 0 aliphatic heterocycles. The van der Waals surface area contributed by atoms with E-state index in [-0.39, 0.29) is 5.91 Å². The number of nitrogens with zero attached hydrogens (tertiary/aromatic N) is 1. The molecule has 0 fully saturated rings. The van der Waals surface area contributed by atoms with E-state index in [1.807, 2.05) is 13.0 Å². The van der Waals surface area contributed by atoms with Crippen LogP contribution in [0.1, 0.15) is 15.9 Å². The number of halogens is 1. The predicted octanol–water partition coefficient (Wildman–Crippen LogP) is 1.68. The molecular weight excluding hydrogens is 212 g/mol. The second-order valence-corrected chi connectivity index (χ2v) is 3.91. The van der Waals surface area contributed by atoms with Gasteiger partial charge in [0.2, 0.25) is 0 Å². The van der Waals surface area contributed by atoms with E-state index >= 15 is 0 Å². The van der Waals surface area contributed by atoms with Crippen LogP contribution in [0.15, 0.2) is 18.2 Å². The van der Waals surface area contributed by atoms with Crippen molar-refractivity contribution in [3.05, 3.63) is 34.3 Å². The molecule has 0 aromatic heterocycles. The van der Waals surface area contributed by atoms with Gasteiger partial charge in [0.15, 0.2) is 0 Å². The molecule has 0 unspecified atom stereocenters. The molecule has 2 N–H and O–H groups in total. The van der Waals surface area contributed by atoms with Crippen LogP contribution < -0.4 is 5.73 Å². The van der Waals surface area contributed by atoms with Gasteiger partial charge in [-0.2, -0.15) is 0 Å². The predicted molar refractivity (Wildman–Crippen MR) is 62.2 cm³/mol. The average molecular weight is 227 g/mol. The maximum atomic E-state index is 11.9. The van der Waals surface area contributed by atoms with E-state index in [9.17, 15) is 4.79 Å². The van der Waals surface area contributed by atoms with Gasteiger partial charge >= 0.3 is 0 Å². The molecular formula is C11H15ClN2O. The van der Waals surface area contributed by atoms with Crippen LogP contribution in [0.2, 0.25) is 5.02 Å². The average Bonchev–Trinajstić information content (AvgIpc) is 2.21. The lowest BCUT2D eigenvalue weighted by Crippen LogP contribution is -2.32. The minimum absolute atomic E-state index is 0.0412. The topological polar surface area (TPSA) is 46.3 Å². The Bertz CT molecular complexity index is 366. The lowest BCUT2D eigenvalue weighted by atomic mass is 10.1. The number of rotatable bonds is 3. The Morgan fingerprint density at radius 3 is 2.80 bits per heavy atom. The standard InChI is InChI=1S/C11H15ClN2O/c1-8-3-4-9(12)7-10(8)11(15)14(2)6-5-13/h3-4,7H,5-6,13H2,1-2H3. The lowest BCUT2D eigenvalue weighted by Gasteiger charge is -2.17. The van der Waals surface area contributed by atoms with E-state index in [2.05, 4.69) is 0 Å². The SMILES string of the molecule is Cc1ccc(Cl)cc1C(=O)N(C)CCN. The van der Waals surface area contributed by atoms with Crippen molar-refractivity contribution in [3.63, 3.8) is 0 Å². The van der Waals surface area contributed by atoms with E-state index in [4.69, 9.17) is 17.3 Å². The fourth-order valence-corrected chi connectivity index (χ4v) is 1.50. The summed E-state index contributed by atoms with van der Waals surface area (Å²) in [6.07, 6.45) is 0. The number of hydrogen-bond donors (Lipinski definition) is 1. The maximum Gasteiger partial charge on any atom is 0.253 e. The minimum atomic E-state index is -0.0412. The Morgan fingerprint density at radius 2 is 2.20 bits per heavy atom. The van der Waals surface area contributed by atoms with Crippen LogP contribution in [0.3, 0.4) is 0 Å². The summed E-state index contributed by atoms with van der Waals surface area (Å²) < 4.78 is 0. The Morgan fingerprint density at radius 1 is 1.53 bits per heavy atom. The summed E-state index contributed by atoms with van der Waals surface area (Å²) in [7, 11) is 1.73. The summed E-state index contributed by atoms with van der Waals surface area (Å²) in [4.78, 5) is 13.5. The van der Waals surface area contributed by atoms with Crippen molar-refractivity contribution in [2.45, 2.75) is 6.92 Å². The van der Waals surface area contributed by atoms with E-state index in [1.54, 1.807) is 24.1 Å². The summed E-state index contributed by atoms with van der Waals surface area (Å²) >= 11 is 5.85. The van der Waals surface area contributed by atoms with Crippen LogP contribution in [0.25, 0.3) is 0 Å². The van der Waals surface area contributed by atoms with Gasteiger partial charge in [-0.3, -0.25) is 4.79 Å². The molecule has 0 heterocycles. The second kappa shape index (κ2) is 5.14. The Hall–Kier alpha value is -1.06. The third kappa shape index (κ3) is 2.94. The molecule has 0 radical (unpaired) electrons. The maximum absolute atomic E-state index is 11.9. The first-order valence-corrected chi connectivity index (χ1v) is 5.15. The summed E-state index contributed by atoms with van der Waals surface area (Å²) in [5.74, 6) is -0.0412. The zero-order valence-corrected chi connectivity index (χ0v) is 9.71. The fraction of sp³-hybridized carbons (Fsp3) is 0.364. The molecule has 0 spiro atoms. The van der Waals surface area contributed by atoms with Gasteiger partial charge in [0.1, 0.15) is 0 Å². The van der Waals surface area contributed by atoms with Crippen molar-refractivity contribution in [3.8, 4) is 0 Å². The molecule has 82 valence electrons. The smallest absolute Gasteiger partial charge is 0.253 e. The number of amides is 1. The van der Waals surface area contributed by atoms with Crippen LogP contribution in [0.5, 0.6) is 0 Å². The molecule has 15 heavy (non-hydrogen) atoms. The van der Waals surface area contributed by atoms with Gasteiger partial charge in [-0.05, 0) is 24.6 Å². The Kier molecular flexibility index (Phi) is 4.12. The monoisotopic (exact) mass is 226 g/mol. The van der Waals surface area contributed by atoms with E-state index in [1.165, 1.54) is 0 Å². The van der Waals surface area contributed by atoms with Gasteiger partial charge in [-0.1, -0.05) is 17.7 Å². The Balaban J connectivity index is 2.95. The highest BCUT2D eigenvalue weighted by Crippen LogP contribution is 2.16. The first-order valence-electron chi connectivity index (χ1n) is 4.78. The Labute approximate surface area is 94.8 Å². The third-order valence-electron chi connectivity index (χ3n) is 2.24. The fourth-order valence-electron chi connectivity index (χ4n) is 1.33. The molecule has 0 aliphatic rings. The van der Waals surface area contributed by atoms with Crippen molar-refractivity contribution < 1.29 is 4.79 Å². The number of benzene rings is 1. The van der Waals surface area contributed by atoms with Crippen LogP contribution in [0.4, 0.5) is 0 Å². The van der Waals surface area contributed by atoms with Gasteiger partial charge in [-0.25, -0.2) is 0 Å². The zero-order chi connectivity index (χ0) is 11.4. The second-order valence-electron chi connectivity index (χ2n) is 3.47. The van der Waals surface area contributed by atoms with Gasteiger partial charge in [0, 0.05) is 30.7 Å². The molecule has 0 atom stereocenters. The van der Waals surface area contributed by atoms with E-state index in [0.29, 0.717) is 23.7 Å². The number of aryl methyl sites for hydroxylation is 1. The summed E-state index contributed by atoms with van der Waals surface area (Å²) in [6, 6.07) is 5.30. The molecule has 0 aliphatic carbocycles. The van der Waals surface area contributed by atoms with Gasteiger partial charge < -0.3 is 10.6 Å². The highest BCUT2D eigenvalue weighted by Gasteiger charge is 2.13. The van der Waals surface area contributed by atoms with Crippen LogP contribution >= 0.6 is 11.6 Å². The van der Waals surface area contributed by atoms with Gasteiger partial charge in [0.25, 0.3) is 5.91 Å². The van der Waals surface area contributed by atoms with Gasteiger partial charge in [-0.15, -0.1) is 0 Å². The summed E-state index contributed by atoms with van der Waals surface area (Å²) in [5, 5.41) is 0.574. The quantitative estimate of drug-likeness (QED) is 0.853. The van der Waals surface area contributed by atoms with Crippen LogP contribution in [-0.4, -0.2) is 30.9 Å². The molecule has 0 saturated heterocycles. The van der Waals surface area contributed by atoms with Crippen LogP contribution in [-0.2, 0) is 0 Å². The van der Waals surface area contributed by atoms with Crippen molar-refractivity contribution in [1.29, 1.82) is 0 Å². The van der Waals surface area contributed by atoms with Crippen molar-refractivity contribution in [2.75, 3.05) is 20.1 Å². The first kappa shape index (κ1) is 12.0. The highest BCUT2D eigenvalue weighted by molar-refractivity contribution is 6.31. The normalized spacial score (nSPS) is 10.1. The highest BCUT2D eigenvalue weighted by atomic mass is 35.5. The van der Waals surface area contributed by atoms with E-state index in [0.717, 1.165) is 5.56 Å². The number of nitrogens with two attached hydrogens (primary N) is 1. The molecule has 3 nitrogen and oxygen atoms in total. The first-order chi connectivity index (χ1) is 7.06. The number of likely N-dealkylation sites (N-methyl/N-ethyl adjacent to an activating group) is 1. The zero-order valence-electron chi connectivity index (χ0n) is 8.96. The molecule has 0 bridgehead atoms. The molecule has 1 amide bonds. The van der Waals surface area contributed by atoms with Crippen molar-refractivity contribution in [2.24, 2.45) is 5.73 Å². The van der Waals surface area contributed by atoms with Crippen molar-refractivity contribution >= 4 is 17.5 Å². The molecule has 1 aromatic rings.